The summed E-state index contributed by atoms with van der Waals surface area (Å²) < 4.78 is 5.09. The lowest BCUT2D eigenvalue weighted by Crippen LogP contribution is -2.48. The van der Waals surface area contributed by atoms with Gasteiger partial charge in [0.15, 0.2) is 11.5 Å². The molecule has 1 aromatic carbocycles. The van der Waals surface area contributed by atoms with Crippen molar-refractivity contribution in [1.29, 1.82) is 5.26 Å². The van der Waals surface area contributed by atoms with Crippen LogP contribution in [0, 0.1) is 29.1 Å². The quantitative estimate of drug-likeness (QED) is 0.709. The van der Waals surface area contributed by atoms with Crippen molar-refractivity contribution in [2.45, 2.75) is 43.9 Å². The molecule has 0 spiro atoms. The van der Waals surface area contributed by atoms with Gasteiger partial charge in [-0.25, -0.2) is 4.98 Å². The van der Waals surface area contributed by atoms with Gasteiger partial charge in [-0.3, -0.25) is 0 Å². The van der Waals surface area contributed by atoms with Crippen molar-refractivity contribution in [3.63, 3.8) is 0 Å². The first kappa shape index (κ1) is 17.8. The molecular formula is C23H24N2O2S. The predicted molar refractivity (Wildman–Crippen MR) is 110 cm³/mol. The standard InChI is InChI=1S/C23H24N2O2S/c1-27-20-3-2-14(8-19(20)26)7-18(12-24)22-25-21(13-28-22)23-9-15-4-16(10-23)6-17(5-15)11-23/h2-3,7-8,13,15-17,26H,4-6,9-11H2,1H3/b18-7+. The molecule has 4 saturated carbocycles. The van der Waals surface area contributed by atoms with Gasteiger partial charge < -0.3 is 9.84 Å². The molecule has 4 bridgehead atoms. The Balaban J connectivity index is 1.45. The molecule has 0 amide bonds. The number of allylic oxidation sites excluding steroid dienone is 1. The molecule has 28 heavy (non-hydrogen) atoms. The summed E-state index contributed by atoms with van der Waals surface area (Å²) >= 11 is 1.57. The second-order valence-corrected chi connectivity index (χ2v) is 9.69. The summed E-state index contributed by atoms with van der Waals surface area (Å²) in [6, 6.07) is 7.46. The van der Waals surface area contributed by atoms with Crippen molar-refractivity contribution in [1.82, 2.24) is 4.98 Å². The van der Waals surface area contributed by atoms with Gasteiger partial charge in [0, 0.05) is 10.8 Å². The van der Waals surface area contributed by atoms with E-state index in [-0.39, 0.29) is 11.2 Å². The first-order valence-corrected chi connectivity index (χ1v) is 10.9. The molecule has 0 unspecified atom stereocenters. The number of rotatable bonds is 4. The van der Waals surface area contributed by atoms with Crippen LogP contribution < -0.4 is 4.74 Å². The van der Waals surface area contributed by atoms with Gasteiger partial charge in [-0.1, -0.05) is 6.07 Å². The first-order valence-electron chi connectivity index (χ1n) is 10.0. The zero-order valence-electron chi connectivity index (χ0n) is 16.0. The van der Waals surface area contributed by atoms with Gasteiger partial charge in [0.05, 0.1) is 18.4 Å². The molecule has 0 atom stereocenters. The highest BCUT2D eigenvalue weighted by Gasteiger charge is 2.52. The first-order chi connectivity index (χ1) is 13.6. The summed E-state index contributed by atoms with van der Waals surface area (Å²) in [4.78, 5) is 4.96. The number of hydrogen-bond acceptors (Lipinski definition) is 5. The molecule has 6 rings (SSSR count). The van der Waals surface area contributed by atoms with Gasteiger partial charge in [-0.05, 0) is 80.1 Å². The summed E-state index contributed by atoms with van der Waals surface area (Å²) in [6.07, 6.45) is 9.88. The molecule has 5 heteroatoms. The van der Waals surface area contributed by atoms with Gasteiger partial charge in [0.1, 0.15) is 11.1 Å². The van der Waals surface area contributed by atoms with Crippen molar-refractivity contribution in [3.05, 3.63) is 39.8 Å². The van der Waals surface area contributed by atoms with E-state index in [2.05, 4.69) is 11.4 Å². The molecule has 4 aliphatic rings. The molecular weight excluding hydrogens is 368 g/mol. The van der Waals surface area contributed by atoms with Gasteiger partial charge in [-0.2, -0.15) is 5.26 Å². The van der Waals surface area contributed by atoms with E-state index in [4.69, 9.17) is 9.72 Å². The van der Waals surface area contributed by atoms with E-state index in [0.717, 1.165) is 28.3 Å². The predicted octanol–water partition coefficient (Wildman–Crippen LogP) is 5.39. The number of ether oxygens (including phenoxy) is 1. The molecule has 0 saturated heterocycles. The van der Waals surface area contributed by atoms with Crippen LogP contribution in [-0.4, -0.2) is 17.2 Å². The van der Waals surface area contributed by atoms with Crippen molar-refractivity contribution in [2.24, 2.45) is 17.8 Å². The number of phenols is 1. The van der Waals surface area contributed by atoms with Crippen LogP contribution >= 0.6 is 11.3 Å². The Kier molecular flexibility index (Phi) is 4.21. The minimum atomic E-state index is 0.0712. The third-order valence-electron chi connectivity index (χ3n) is 6.95. The molecule has 144 valence electrons. The number of aromatic nitrogens is 1. The number of hydrogen-bond donors (Lipinski definition) is 1. The normalized spacial score (nSPS) is 31.0. The minimum Gasteiger partial charge on any atom is -0.504 e. The second-order valence-electron chi connectivity index (χ2n) is 8.84. The van der Waals surface area contributed by atoms with Gasteiger partial charge >= 0.3 is 0 Å². The van der Waals surface area contributed by atoms with Crippen molar-refractivity contribution < 1.29 is 9.84 Å². The maximum absolute atomic E-state index is 10.00. The molecule has 4 aliphatic carbocycles. The number of benzene rings is 1. The van der Waals surface area contributed by atoms with Gasteiger partial charge in [0.2, 0.25) is 0 Å². The smallest absolute Gasteiger partial charge is 0.160 e. The number of nitriles is 1. The zero-order valence-corrected chi connectivity index (χ0v) is 16.8. The average Bonchev–Trinajstić information content (AvgIpc) is 3.16. The maximum atomic E-state index is 10.00. The lowest BCUT2D eigenvalue weighted by molar-refractivity contribution is -0.00694. The van der Waals surface area contributed by atoms with Crippen LogP contribution in [0.2, 0.25) is 0 Å². The van der Waals surface area contributed by atoms with E-state index in [1.54, 1.807) is 29.5 Å². The second kappa shape index (κ2) is 6.63. The molecule has 4 fully saturated rings. The Morgan fingerprint density at radius 1 is 1.25 bits per heavy atom. The van der Waals surface area contributed by atoms with Crippen molar-refractivity contribution in [2.75, 3.05) is 7.11 Å². The van der Waals surface area contributed by atoms with Crippen LogP contribution in [0.25, 0.3) is 11.6 Å². The van der Waals surface area contributed by atoms with E-state index in [9.17, 15) is 10.4 Å². The van der Waals surface area contributed by atoms with Crippen molar-refractivity contribution in [3.8, 4) is 17.6 Å². The summed E-state index contributed by atoms with van der Waals surface area (Å²) in [7, 11) is 1.52. The third-order valence-corrected chi connectivity index (χ3v) is 7.83. The summed E-state index contributed by atoms with van der Waals surface area (Å²) in [5, 5.41) is 22.7. The van der Waals surface area contributed by atoms with Crippen LogP contribution in [0.3, 0.4) is 0 Å². The molecule has 2 aromatic rings. The van der Waals surface area contributed by atoms with Crippen LogP contribution in [-0.2, 0) is 5.41 Å². The number of aromatic hydroxyl groups is 1. The Morgan fingerprint density at radius 3 is 2.50 bits per heavy atom. The van der Waals surface area contributed by atoms with Gasteiger partial charge in [-0.15, -0.1) is 11.3 Å². The molecule has 0 aliphatic heterocycles. The van der Waals surface area contributed by atoms with Gasteiger partial charge in [0.25, 0.3) is 0 Å². The largest absolute Gasteiger partial charge is 0.504 e. The lowest BCUT2D eigenvalue weighted by Gasteiger charge is -2.56. The van der Waals surface area contributed by atoms with Crippen LogP contribution in [0.15, 0.2) is 23.6 Å². The third kappa shape index (κ3) is 2.91. The lowest BCUT2D eigenvalue weighted by atomic mass is 9.49. The molecule has 1 heterocycles. The fourth-order valence-electron chi connectivity index (χ4n) is 6.17. The highest BCUT2D eigenvalue weighted by molar-refractivity contribution is 7.11. The Morgan fingerprint density at radius 2 is 1.93 bits per heavy atom. The monoisotopic (exact) mass is 392 g/mol. The molecule has 1 N–H and O–H groups in total. The summed E-state index contributed by atoms with van der Waals surface area (Å²) in [5.41, 5.74) is 2.78. The maximum Gasteiger partial charge on any atom is 0.160 e. The van der Waals surface area contributed by atoms with Crippen LogP contribution in [0.5, 0.6) is 11.5 Å². The van der Waals surface area contributed by atoms with E-state index in [1.165, 1.54) is 51.3 Å². The molecule has 4 nitrogen and oxygen atoms in total. The highest BCUT2D eigenvalue weighted by atomic mass is 32.1. The number of nitrogens with zero attached hydrogens (tertiary/aromatic N) is 2. The van der Waals surface area contributed by atoms with E-state index >= 15 is 0 Å². The average molecular weight is 393 g/mol. The Bertz CT molecular complexity index is 949. The van der Waals surface area contributed by atoms with Crippen LogP contribution in [0.1, 0.15) is 54.8 Å². The summed E-state index contributed by atoms with van der Waals surface area (Å²) in [6.45, 7) is 0. The number of phenolic OH excluding ortho intramolecular Hbond substituents is 1. The summed E-state index contributed by atoms with van der Waals surface area (Å²) in [5.74, 6) is 3.13. The van der Waals surface area contributed by atoms with E-state index in [1.807, 2.05) is 6.07 Å². The molecule has 0 radical (unpaired) electrons. The minimum absolute atomic E-state index is 0.0712. The van der Waals surface area contributed by atoms with E-state index < -0.39 is 0 Å². The zero-order chi connectivity index (χ0) is 19.3. The SMILES string of the molecule is COc1ccc(/C=C(\C#N)c2nc(C34CC5CC(CC(C5)C3)C4)cs2)cc1O. The number of thiazole rings is 1. The Labute approximate surface area is 169 Å². The topological polar surface area (TPSA) is 66.1 Å². The Hall–Kier alpha value is -2.32. The van der Waals surface area contributed by atoms with Crippen LogP contribution in [0.4, 0.5) is 0 Å². The number of methoxy groups -OCH3 is 1. The fourth-order valence-corrected chi connectivity index (χ4v) is 7.08. The fraction of sp³-hybridized carbons (Fsp3) is 0.478. The highest BCUT2D eigenvalue weighted by Crippen LogP contribution is 2.60. The molecule has 1 aromatic heterocycles. The van der Waals surface area contributed by atoms with E-state index in [0.29, 0.717) is 11.3 Å². The van der Waals surface area contributed by atoms with Crippen molar-refractivity contribution >= 4 is 23.0 Å².